The molecule has 2 N–H and O–H groups in total. The average Bonchev–Trinajstić information content (AvgIpc) is 3.23. The van der Waals surface area contributed by atoms with Crippen LogP contribution >= 0.6 is 0 Å². The van der Waals surface area contributed by atoms with Gasteiger partial charge in [0.1, 0.15) is 30.0 Å². The predicted molar refractivity (Wildman–Crippen MR) is 118 cm³/mol. The van der Waals surface area contributed by atoms with Crippen LogP contribution in [0.3, 0.4) is 0 Å². The molecular formula is C22H27N5O5. The Morgan fingerprint density at radius 3 is 2.38 bits per heavy atom. The first-order chi connectivity index (χ1) is 15.5. The van der Waals surface area contributed by atoms with Crippen LogP contribution in [0.15, 0.2) is 48.9 Å². The highest BCUT2D eigenvalue weighted by molar-refractivity contribution is 5.89. The number of methoxy groups -OCH3 is 3. The molecule has 0 aliphatic heterocycles. The van der Waals surface area contributed by atoms with E-state index in [4.69, 9.17) is 18.9 Å². The van der Waals surface area contributed by atoms with Gasteiger partial charge in [-0.2, -0.15) is 0 Å². The summed E-state index contributed by atoms with van der Waals surface area (Å²) >= 11 is 0. The number of anilines is 1. The van der Waals surface area contributed by atoms with Crippen molar-refractivity contribution in [2.24, 2.45) is 7.05 Å². The number of amides is 2. The molecule has 0 spiro atoms. The lowest BCUT2D eigenvalue weighted by Gasteiger charge is -2.21. The van der Waals surface area contributed by atoms with Gasteiger partial charge in [-0.15, -0.1) is 0 Å². The maximum absolute atomic E-state index is 12.8. The normalized spacial score (nSPS) is 11.5. The molecule has 0 radical (unpaired) electrons. The summed E-state index contributed by atoms with van der Waals surface area (Å²) in [7, 11) is 6.61. The first-order valence-corrected chi connectivity index (χ1v) is 9.89. The van der Waals surface area contributed by atoms with Crippen LogP contribution in [-0.2, 0) is 11.8 Å². The van der Waals surface area contributed by atoms with E-state index in [1.54, 1.807) is 45.7 Å². The number of hydrogen-bond acceptors (Lipinski definition) is 7. The minimum absolute atomic E-state index is 0.395. The van der Waals surface area contributed by atoms with E-state index >= 15 is 0 Å². The first-order valence-electron chi connectivity index (χ1n) is 9.89. The number of aromatic nitrogens is 3. The first kappa shape index (κ1) is 22.9. The van der Waals surface area contributed by atoms with Gasteiger partial charge >= 0.3 is 6.03 Å². The average molecular weight is 441 g/mol. The van der Waals surface area contributed by atoms with Crippen LogP contribution in [0.5, 0.6) is 17.4 Å². The Labute approximate surface area is 186 Å². The molecule has 170 valence electrons. The number of nitrogens with one attached hydrogen (secondary N) is 2. The molecule has 0 saturated heterocycles. The summed E-state index contributed by atoms with van der Waals surface area (Å²) in [5, 5.41) is 5.75. The fourth-order valence-corrected chi connectivity index (χ4v) is 3.02. The third-order valence-corrected chi connectivity index (χ3v) is 4.63. The number of nitrogens with zero attached hydrogens (tertiary/aromatic N) is 3. The van der Waals surface area contributed by atoms with Crippen LogP contribution in [0.25, 0.3) is 0 Å². The van der Waals surface area contributed by atoms with Gasteiger partial charge < -0.3 is 34.1 Å². The molecule has 0 bridgehead atoms. The molecule has 1 aromatic carbocycles. The van der Waals surface area contributed by atoms with E-state index in [0.29, 0.717) is 42.1 Å². The second-order valence-corrected chi connectivity index (χ2v) is 6.80. The van der Waals surface area contributed by atoms with Gasteiger partial charge in [0, 0.05) is 38.7 Å². The number of rotatable bonds is 10. The maximum Gasteiger partial charge on any atom is 0.320 e. The van der Waals surface area contributed by atoms with Gasteiger partial charge in [0.2, 0.25) is 5.88 Å². The number of aryl methyl sites for hydroxylation is 1. The lowest BCUT2D eigenvalue weighted by Crippen LogP contribution is -2.34. The maximum atomic E-state index is 12.8. The zero-order chi connectivity index (χ0) is 22.9. The molecule has 2 heterocycles. The SMILES string of the molecule is COCCOc1ccc(NC(=O)NC(c2cc(OC)cc(OC)c2)c2nccn2C)cn1. The number of benzene rings is 1. The number of carbonyl (C=O) groups excluding carboxylic acids is 1. The Kier molecular flexibility index (Phi) is 7.87. The van der Waals surface area contributed by atoms with Gasteiger partial charge in [-0.3, -0.25) is 0 Å². The van der Waals surface area contributed by atoms with Gasteiger partial charge in [-0.05, 0) is 23.8 Å². The van der Waals surface area contributed by atoms with Crippen LogP contribution < -0.4 is 24.8 Å². The number of hydrogen-bond donors (Lipinski definition) is 2. The molecule has 0 aliphatic carbocycles. The number of imidazole rings is 1. The van der Waals surface area contributed by atoms with Crippen molar-refractivity contribution >= 4 is 11.7 Å². The highest BCUT2D eigenvalue weighted by Gasteiger charge is 2.22. The second-order valence-electron chi connectivity index (χ2n) is 6.80. The second kappa shape index (κ2) is 11.0. The number of pyridine rings is 1. The van der Waals surface area contributed by atoms with Crippen molar-refractivity contribution in [3.05, 3.63) is 60.3 Å². The van der Waals surface area contributed by atoms with Gasteiger partial charge in [0.15, 0.2) is 0 Å². The molecule has 10 heteroatoms. The molecule has 1 atom stereocenters. The molecule has 0 fully saturated rings. The van der Waals surface area contributed by atoms with Crippen molar-refractivity contribution in [2.45, 2.75) is 6.04 Å². The fourth-order valence-electron chi connectivity index (χ4n) is 3.02. The highest BCUT2D eigenvalue weighted by atomic mass is 16.5. The highest BCUT2D eigenvalue weighted by Crippen LogP contribution is 2.29. The zero-order valence-corrected chi connectivity index (χ0v) is 18.5. The Balaban J connectivity index is 1.77. The summed E-state index contributed by atoms with van der Waals surface area (Å²) in [6.07, 6.45) is 5.00. The lowest BCUT2D eigenvalue weighted by atomic mass is 10.1. The Hall–Kier alpha value is -3.79. The standard InChI is InChI=1S/C22H27N5O5/c1-27-8-7-23-21(27)20(15-11-17(30-3)13-18(12-15)31-4)26-22(28)25-16-5-6-19(24-14-16)32-10-9-29-2/h5-8,11-14,20H,9-10H2,1-4H3,(H2,25,26,28). The molecule has 10 nitrogen and oxygen atoms in total. The molecule has 32 heavy (non-hydrogen) atoms. The minimum Gasteiger partial charge on any atom is -0.497 e. The molecule has 3 rings (SSSR count). The fraction of sp³-hybridized carbons (Fsp3) is 0.318. The van der Waals surface area contributed by atoms with Crippen molar-refractivity contribution in [1.29, 1.82) is 0 Å². The number of urea groups is 1. The molecule has 3 aromatic rings. The van der Waals surface area contributed by atoms with E-state index in [2.05, 4.69) is 20.6 Å². The monoisotopic (exact) mass is 441 g/mol. The van der Waals surface area contributed by atoms with Crippen molar-refractivity contribution < 1.29 is 23.7 Å². The zero-order valence-electron chi connectivity index (χ0n) is 18.5. The summed E-state index contributed by atoms with van der Waals surface area (Å²) in [5.41, 5.74) is 1.27. The molecule has 0 saturated carbocycles. The van der Waals surface area contributed by atoms with E-state index in [1.807, 2.05) is 29.9 Å². The smallest absolute Gasteiger partial charge is 0.320 e. The molecule has 2 amide bonds. The summed E-state index contributed by atoms with van der Waals surface area (Å²) in [6, 6.07) is 7.83. The molecule has 0 aliphatic rings. The minimum atomic E-state index is -0.552. The lowest BCUT2D eigenvalue weighted by molar-refractivity contribution is 0.144. The van der Waals surface area contributed by atoms with Crippen molar-refractivity contribution in [2.75, 3.05) is 39.9 Å². The van der Waals surface area contributed by atoms with Crippen LogP contribution in [-0.4, -0.2) is 55.1 Å². The van der Waals surface area contributed by atoms with Crippen molar-refractivity contribution in [3.8, 4) is 17.4 Å². The largest absolute Gasteiger partial charge is 0.497 e. The Morgan fingerprint density at radius 2 is 1.81 bits per heavy atom. The van der Waals surface area contributed by atoms with Gasteiger partial charge in [-0.25, -0.2) is 14.8 Å². The summed E-state index contributed by atoms with van der Waals surface area (Å²) in [4.78, 5) is 21.4. The van der Waals surface area contributed by atoms with E-state index in [9.17, 15) is 4.79 Å². The van der Waals surface area contributed by atoms with Gasteiger partial charge in [0.25, 0.3) is 0 Å². The third kappa shape index (κ3) is 5.88. The Morgan fingerprint density at radius 1 is 1.06 bits per heavy atom. The van der Waals surface area contributed by atoms with E-state index in [-0.39, 0.29) is 0 Å². The number of carbonyl (C=O) groups is 1. The summed E-state index contributed by atoms with van der Waals surface area (Å²) in [5.74, 6) is 2.31. The van der Waals surface area contributed by atoms with Crippen molar-refractivity contribution in [3.63, 3.8) is 0 Å². The van der Waals surface area contributed by atoms with Crippen LogP contribution in [0.4, 0.5) is 10.5 Å². The van der Waals surface area contributed by atoms with Crippen LogP contribution in [0.2, 0.25) is 0 Å². The number of ether oxygens (including phenoxy) is 4. The topological polar surface area (TPSA) is 109 Å². The third-order valence-electron chi connectivity index (χ3n) is 4.63. The molecule has 1 unspecified atom stereocenters. The van der Waals surface area contributed by atoms with E-state index in [0.717, 1.165) is 5.56 Å². The quantitative estimate of drug-likeness (QED) is 0.466. The van der Waals surface area contributed by atoms with E-state index in [1.165, 1.54) is 6.20 Å². The van der Waals surface area contributed by atoms with Gasteiger partial charge in [0.05, 0.1) is 32.7 Å². The van der Waals surface area contributed by atoms with Crippen LogP contribution in [0, 0.1) is 0 Å². The van der Waals surface area contributed by atoms with Crippen LogP contribution in [0.1, 0.15) is 17.4 Å². The Bertz CT molecular complexity index is 1000. The summed E-state index contributed by atoms with van der Waals surface area (Å²) in [6.45, 7) is 0.861. The summed E-state index contributed by atoms with van der Waals surface area (Å²) < 4.78 is 23.0. The van der Waals surface area contributed by atoms with Gasteiger partial charge in [-0.1, -0.05) is 0 Å². The molecule has 2 aromatic heterocycles. The molecular weight excluding hydrogens is 414 g/mol. The predicted octanol–water partition coefficient (Wildman–Crippen LogP) is 2.77. The van der Waals surface area contributed by atoms with E-state index < -0.39 is 12.1 Å². The van der Waals surface area contributed by atoms with Crippen molar-refractivity contribution in [1.82, 2.24) is 19.9 Å².